The van der Waals surface area contributed by atoms with Crippen LogP contribution in [0.25, 0.3) is 5.57 Å². The molecule has 0 spiro atoms. The first-order valence-electron chi connectivity index (χ1n) is 4.75. The van der Waals surface area contributed by atoms with E-state index in [0.717, 1.165) is 5.56 Å². The first kappa shape index (κ1) is 11.8. The van der Waals surface area contributed by atoms with Crippen LogP contribution in [0, 0.1) is 0 Å². The number of allylic oxidation sites excluding steroid dienone is 1. The molecule has 0 aromatic heterocycles. The van der Waals surface area contributed by atoms with Crippen molar-refractivity contribution in [1.82, 2.24) is 0 Å². The van der Waals surface area contributed by atoms with Crippen LogP contribution < -0.4 is 0 Å². The molecule has 1 aromatic carbocycles. The Bertz CT molecular complexity index is 364. The van der Waals surface area contributed by atoms with Gasteiger partial charge in [-0.05, 0) is 19.4 Å². The summed E-state index contributed by atoms with van der Waals surface area (Å²) in [5.41, 5.74) is 1.21. The molecule has 0 N–H and O–H groups in total. The van der Waals surface area contributed by atoms with Gasteiger partial charge in [0, 0.05) is 5.03 Å². The van der Waals surface area contributed by atoms with Gasteiger partial charge in [-0.3, -0.25) is 0 Å². The second-order valence-corrected chi connectivity index (χ2v) is 3.56. The fourth-order valence-corrected chi connectivity index (χ4v) is 1.45. The molecular weight excluding hydrogens is 212 g/mol. The van der Waals surface area contributed by atoms with E-state index in [2.05, 4.69) is 0 Å². The fraction of sp³-hybridized carbons (Fsp3) is 0.250. The van der Waals surface area contributed by atoms with Gasteiger partial charge in [0.1, 0.15) is 0 Å². The van der Waals surface area contributed by atoms with Crippen molar-refractivity contribution in [2.24, 2.45) is 0 Å². The third kappa shape index (κ3) is 3.10. The van der Waals surface area contributed by atoms with Crippen LogP contribution in [-0.2, 0) is 9.53 Å². The van der Waals surface area contributed by atoms with E-state index in [4.69, 9.17) is 16.3 Å². The molecule has 0 aliphatic rings. The first-order valence-corrected chi connectivity index (χ1v) is 5.13. The van der Waals surface area contributed by atoms with E-state index in [9.17, 15) is 4.79 Å². The number of hydrogen-bond acceptors (Lipinski definition) is 2. The highest BCUT2D eigenvalue weighted by Crippen LogP contribution is 2.22. The number of carbonyl (C=O) groups is 1. The molecule has 0 bridgehead atoms. The summed E-state index contributed by atoms with van der Waals surface area (Å²) in [4.78, 5) is 11.6. The summed E-state index contributed by atoms with van der Waals surface area (Å²) < 4.78 is 4.94. The van der Waals surface area contributed by atoms with Gasteiger partial charge in [-0.15, -0.1) is 0 Å². The predicted octanol–water partition coefficient (Wildman–Crippen LogP) is 3.22. The lowest BCUT2D eigenvalue weighted by molar-refractivity contribution is -0.136. The molecule has 0 saturated carbocycles. The van der Waals surface area contributed by atoms with E-state index in [1.54, 1.807) is 13.8 Å². The Morgan fingerprint density at radius 2 is 1.93 bits per heavy atom. The van der Waals surface area contributed by atoms with E-state index in [1.807, 2.05) is 30.3 Å². The van der Waals surface area contributed by atoms with Crippen molar-refractivity contribution < 1.29 is 9.53 Å². The number of ether oxygens (including phenoxy) is 1. The Balaban J connectivity index is 3.06. The lowest BCUT2D eigenvalue weighted by Gasteiger charge is -2.07. The lowest BCUT2D eigenvalue weighted by Crippen LogP contribution is -2.07. The van der Waals surface area contributed by atoms with Crippen LogP contribution in [0.3, 0.4) is 0 Å². The van der Waals surface area contributed by atoms with E-state index in [-0.39, 0.29) is 5.97 Å². The van der Waals surface area contributed by atoms with Gasteiger partial charge in [-0.2, -0.15) is 0 Å². The molecule has 0 unspecified atom stereocenters. The summed E-state index contributed by atoms with van der Waals surface area (Å²) >= 11 is 5.89. The van der Waals surface area contributed by atoms with Crippen molar-refractivity contribution in [3.63, 3.8) is 0 Å². The van der Waals surface area contributed by atoms with E-state index < -0.39 is 0 Å². The van der Waals surface area contributed by atoms with Crippen LogP contribution >= 0.6 is 11.6 Å². The summed E-state index contributed by atoms with van der Waals surface area (Å²) in [6.45, 7) is 3.80. The molecule has 0 heterocycles. The van der Waals surface area contributed by atoms with Gasteiger partial charge in [0.15, 0.2) is 0 Å². The topological polar surface area (TPSA) is 26.3 Å². The molecule has 1 aromatic rings. The average molecular weight is 225 g/mol. The van der Waals surface area contributed by atoms with Crippen molar-refractivity contribution in [1.29, 1.82) is 0 Å². The summed E-state index contributed by atoms with van der Waals surface area (Å²) in [5.74, 6) is -0.379. The van der Waals surface area contributed by atoms with Crippen LogP contribution in [0.1, 0.15) is 19.4 Å². The smallest absolute Gasteiger partial charge is 0.339 e. The maximum atomic E-state index is 11.6. The lowest BCUT2D eigenvalue weighted by atomic mass is 10.1. The highest BCUT2D eigenvalue weighted by molar-refractivity contribution is 6.38. The zero-order chi connectivity index (χ0) is 11.3. The minimum Gasteiger partial charge on any atom is -0.462 e. The highest BCUT2D eigenvalue weighted by Gasteiger charge is 2.15. The van der Waals surface area contributed by atoms with E-state index in [0.29, 0.717) is 17.2 Å². The van der Waals surface area contributed by atoms with Crippen LogP contribution in [0.4, 0.5) is 0 Å². The molecule has 0 atom stereocenters. The van der Waals surface area contributed by atoms with E-state index in [1.165, 1.54) is 0 Å². The van der Waals surface area contributed by atoms with Crippen molar-refractivity contribution in [3.05, 3.63) is 40.9 Å². The molecule has 0 radical (unpaired) electrons. The number of rotatable bonds is 3. The SMILES string of the molecule is CCOC(=O)/C(=C(\C)Cl)c1ccccc1. The van der Waals surface area contributed by atoms with Crippen LogP contribution in [0.2, 0.25) is 0 Å². The number of carbonyl (C=O) groups excluding carboxylic acids is 1. The van der Waals surface area contributed by atoms with Crippen LogP contribution in [0.5, 0.6) is 0 Å². The maximum Gasteiger partial charge on any atom is 0.339 e. The molecule has 0 saturated heterocycles. The monoisotopic (exact) mass is 224 g/mol. The molecule has 80 valence electrons. The highest BCUT2D eigenvalue weighted by atomic mass is 35.5. The van der Waals surface area contributed by atoms with Gasteiger partial charge < -0.3 is 4.74 Å². The first-order chi connectivity index (χ1) is 7.16. The third-order valence-electron chi connectivity index (χ3n) is 1.89. The second-order valence-electron chi connectivity index (χ2n) is 2.99. The van der Waals surface area contributed by atoms with Crippen molar-refractivity contribution in [2.45, 2.75) is 13.8 Å². The zero-order valence-electron chi connectivity index (χ0n) is 8.79. The molecule has 0 aliphatic heterocycles. The van der Waals surface area contributed by atoms with Crippen LogP contribution in [0.15, 0.2) is 35.4 Å². The van der Waals surface area contributed by atoms with Crippen molar-refractivity contribution in [2.75, 3.05) is 6.61 Å². The quantitative estimate of drug-likeness (QED) is 0.582. The minimum absolute atomic E-state index is 0.347. The Morgan fingerprint density at radius 1 is 1.33 bits per heavy atom. The Hall–Kier alpha value is -1.28. The maximum absolute atomic E-state index is 11.6. The molecule has 0 aliphatic carbocycles. The normalized spacial score (nSPS) is 11.9. The molecule has 2 nitrogen and oxygen atoms in total. The number of benzene rings is 1. The molecule has 0 amide bonds. The number of hydrogen-bond donors (Lipinski definition) is 0. The van der Waals surface area contributed by atoms with Crippen molar-refractivity contribution in [3.8, 4) is 0 Å². The van der Waals surface area contributed by atoms with Gasteiger partial charge in [0.25, 0.3) is 0 Å². The second kappa shape index (κ2) is 5.56. The van der Waals surface area contributed by atoms with Gasteiger partial charge in [-0.25, -0.2) is 4.79 Å². The van der Waals surface area contributed by atoms with E-state index >= 15 is 0 Å². The summed E-state index contributed by atoms with van der Waals surface area (Å²) in [6.07, 6.45) is 0. The third-order valence-corrected chi connectivity index (χ3v) is 2.08. The molecule has 3 heteroatoms. The standard InChI is InChI=1S/C12H13ClO2/c1-3-15-12(14)11(9(2)13)10-7-5-4-6-8-10/h4-8H,3H2,1-2H3/b11-9+. The number of halogens is 1. The van der Waals surface area contributed by atoms with Gasteiger partial charge in [0.05, 0.1) is 12.2 Å². The predicted molar refractivity (Wildman–Crippen MR) is 61.5 cm³/mol. The molecule has 1 rings (SSSR count). The molecule has 0 fully saturated rings. The molecule has 15 heavy (non-hydrogen) atoms. The van der Waals surface area contributed by atoms with Gasteiger partial charge >= 0.3 is 5.97 Å². The van der Waals surface area contributed by atoms with Gasteiger partial charge in [0.2, 0.25) is 0 Å². The zero-order valence-corrected chi connectivity index (χ0v) is 9.54. The molecular formula is C12H13ClO2. The average Bonchev–Trinajstić information content (AvgIpc) is 2.19. The summed E-state index contributed by atoms with van der Waals surface area (Å²) in [5, 5.41) is 0.444. The Kier molecular flexibility index (Phi) is 4.37. The van der Waals surface area contributed by atoms with Crippen molar-refractivity contribution >= 4 is 23.1 Å². The van der Waals surface area contributed by atoms with Gasteiger partial charge in [-0.1, -0.05) is 41.9 Å². The fourth-order valence-electron chi connectivity index (χ4n) is 1.27. The largest absolute Gasteiger partial charge is 0.462 e. The minimum atomic E-state index is -0.379. The summed E-state index contributed by atoms with van der Waals surface area (Å²) in [6, 6.07) is 9.26. The van der Waals surface area contributed by atoms with Crippen LogP contribution in [-0.4, -0.2) is 12.6 Å². The summed E-state index contributed by atoms with van der Waals surface area (Å²) in [7, 11) is 0. The Morgan fingerprint density at radius 3 is 2.40 bits per heavy atom. The Labute approximate surface area is 94.5 Å². The number of esters is 1.